The molecular formula is C20H22O2. The highest BCUT2D eigenvalue weighted by Crippen LogP contribution is 2.47. The summed E-state index contributed by atoms with van der Waals surface area (Å²) in [7, 11) is 0. The second-order valence-electron chi connectivity index (χ2n) is 7.23. The van der Waals surface area contributed by atoms with Gasteiger partial charge in [-0.15, -0.1) is 0 Å². The molecule has 4 unspecified atom stereocenters. The molecular weight excluding hydrogens is 272 g/mol. The highest BCUT2D eigenvalue weighted by atomic mass is 16.1. The van der Waals surface area contributed by atoms with Gasteiger partial charge in [0.1, 0.15) is 5.78 Å². The van der Waals surface area contributed by atoms with Crippen LogP contribution >= 0.6 is 0 Å². The van der Waals surface area contributed by atoms with Crippen LogP contribution < -0.4 is 0 Å². The quantitative estimate of drug-likeness (QED) is 0.784. The number of carbonyl (C=O) groups is 2. The number of rotatable bonds is 1. The average Bonchev–Trinajstić information content (AvgIpc) is 2.53. The summed E-state index contributed by atoms with van der Waals surface area (Å²) in [5.74, 6) is 1.90. The number of allylic oxidation sites excluding steroid dienone is 2. The molecule has 0 radical (unpaired) electrons. The van der Waals surface area contributed by atoms with Crippen molar-refractivity contribution in [1.82, 2.24) is 0 Å². The summed E-state index contributed by atoms with van der Waals surface area (Å²) in [6.45, 7) is 1.72. The summed E-state index contributed by atoms with van der Waals surface area (Å²) in [4.78, 5) is 24.8. The zero-order valence-corrected chi connectivity index (χ0v) is 13.0. The molecule has 1 saturated carbocycles. The van der Waals surface area contributed by atoms with Crippen LogP contribution in [0.3, 0.4) is 0 Å². The van der Waals surface area contributed by atoms with E-state index in [0.717, 1.165) is 36.8 Å². The molecule has 0 aliphatic heterocycles. The minimum Gasteiger partial charge on any atom is -0.300 e. The van der Waals surface area contributed by atoms with E-state index in [0.29, 0.717) is 23.5 Å². The number of benzene rings is 1. The Hall–Kier alpha value is -1.70. The van der Waals surface area contributed by atoms with Crippen molar-refractivity contribution in [1.29, 1.82) is 0 Å². The predicted octanol–water partition coefficient (Wildman–Crippen LogP) is 3.99. The van der Waals surface area contributed by atoms with Gasteiger partial charge in [0, 0.05) is 11.5 Å². The predicted molar refractivity (Wildman–Crippen MR) is 85.7 cm³/mol. The molecule has 2 nitrogen and oxygen atoms in total. The first-order valence-corrected chi connectivity index (χ1v) is 8.50. The third-order valence-corrected chi connectivity index (χ3v) is 6.01. The molecule has 2 heteroatoms. The molecule has 1 fully saturated rings. The van der Waals surface area contributed by atoms with E-state index in [9.17, 15) is 9.59 Å². The first-order chi connectivity index (χ1) is 10.6. The molecule has 0 bridgehead atoms. The Morgan fingerprint density at radius 1 is 1.18 bits per heavy atom. The molecule has 1 aromatic rings. The van der Waals surface area contributed by atoms with Gasteiger partial charge >= 0.3 is 0 Å². The molecule has 3 aliphatic rings. The van der Waals surface area contributed by atoms with E-state index in [1.54, 1.807) is 6.92 Å². The van der Waals surface area contributed by atoms with Crippen molar-refractivity contribution in [3.63, 3.8) is 0 Å². The molecule has 0 heterocycles. The van der Waals surface area contributed by atoms with Crippen LogP contribution in [0, 0.1) is 23.7 Å². The van der Waals surface area contributed by atoms with E-state index in [-0.39, 0.29) is 11.7 Å². The fourth-order valence-corrected chi connectivity index (χ4v) is 4.95. The lowest BCUT2D eigenvalue weighted by atomic mass is 9.60. The highest BCUT2D eigenvalue weighted by molar-refractivity contribution is 6.11. The van der Waals surface area contributed by atoms with Crippen LogP contribution in [-0.4, -0.2) is 11.6 Å². The van der Waals surface area contributed by atoms with Crippen LogP contribution in [0.25, 0.3) is 0 Å². The third kappa shape index (κ3) is 2.08. The molecule has 0 aromatic heterocycles. The maximum atomic E-state index is 12.8. The van der Waals surface area contributed by atoms with Gasteiger partial charge in [-0.3, -0.25) is 9.59 Å². The molecule has 22 heavy (non-hydrogen) atoms. The standard InChI is InChI=1S/C20H22O2/c1-12(21)16-8-4-6-14-10-15-9-13-5-2-3-7-17(13)20(22)19(15)11-18(14)16/h2-3,5,7,11,14-16,18H,4,6,8-10H2,1H3. The van der Waals surface area contributed by atoms with Gasteiger partial charge in [0.05, 0.1) is 0 Å². The number of carbonyl (C=O) groups excluding carboxylic acids is 2. The number of hydrogen-bond donors (Lipinski definition) is 0. The zero-order valence-electron chi connectivity index (χ0n) is 13.0. The number of ketones is 2. The zero-order chi connectivity index (χ0) is 15.3. The highest BCUT2D eigenvalue weighted by Gasteiger charge is 2.42. The van der Waals surface area contributed by atoms with E-state index in [4.69, 9.17) is 0 Å². The Labute approximate surface area is 131 Å². The van der Waals surface area contributed by atoms with Gasteiger partial charge in [-0.1, -0.05) is 36.8 Å². The normalized spacial score (nSPS) is 33.3. The molecule has 0 amide bonds. The summed E-state index contributed by atoms with van der Waals surface area (Å²) < 4.78 is 0. The average molecular weight is 294 g/mol. The lowest BCUT2D eigenvalue weighted by Gasteiger charge is -2.43. The maximum absolute atomic E-state index is 12.8. The van der Waals surface area contributed by atoms with E-state index < -0.39 is 0 Å². The lowest BCUT2D eigenvalue weighted by molar-refractivity contribution is -0.123. The Kier molecular flexibility index (Phi) is 3.28. The first kappa shape index (κ1) is 13.9. The van der Waals surface area contributed by atoms with E-state index in [1.165, 1.54) is 12.0 Å². The van der Waals surface area contributed by atoms with Crippen molar-refractivity contribution in [3.05, 3.63) is 47.0 Å². The van der Waals surface area contributed by atoms with Crippen LogP contribution in [0.2, 0.25) is 0 Å². The second kappa shape index (κ2) is 5.19. The van der Waals surface area contributed by atoms with E-state index in [1.807, 2.05) is 18.2 Å². The van der Waals surface area contributed by atoms with Crippen LogP contribution in [0.1, 0.15) is 48.5 Å². The minimum absolute atomic E-state index is 0.136. The maximum Gasteiger partial charge on any atom is 0.189 e. The van der Waals surface area contributed by atoms with Crippen molar-refractivity contribution in [2.45, 2.75) is 39.0 Å². The summed E-state index contributed by atoms with van der Waals surface area (Å²) in [6.07, 6.45) is 7.64. The number of fused-ring (bicyclic) bond motifs is 3. The number of hydrogen-bond acceptors (Lipinski definition) is 2. The summed E-state index contributed by atoms with van der Waals surface area (Å²) in [5, 5.41) is 0. The van der Waals surface area contributed by atoms with Crippen molar-refractivity contribution >= 4 is 11.6 Å². The smallest absolute Gasteiger partial charge is 0.189 e. The van der Waals surface area contributed by atoms with Gasteiger partial charge in [0.15, 0.2) is 5.78 Å². The Morgan fingerprint density at radius 3 is 2.82 bits per heavy atom. The van der Waals surface area contributed by atoms with E-state index in [2.05, 4.69) is 12.1 Å². The van der Waals surface area contributed by atoms with Crippen LogP contribution in [-0.2, 0) is 11.2 Å². The largest absolute Gasteiger partial charge is 0.300 e. The third-order valence-electron chi connectivity index (χ3n) is 6.01. The van der Waals surface area contributed by atoms with Crippen LogP contribution in [0.4, 0.5) is 0 Å². The molecule has 4 rings (SSSR count). The van der Waals surface area contributed by atoms with Crippen molar-refractivity contribution in [2.24, 2.45) is 23.7 Å². The summed E-state index contributed by atoms with van der Waals surface area (Å²) in [6, 6.07) is 8.01. The minimum atomic E-state index is 0.136. The first-order valence-electron chi connectivity index (χ1n) is 8.50. The molecule has 0 saturated heterocycles. The molecule has 3 aliphatic carbocycles. The van der Waals surface area contributed by atoms with Crippen LogP contribution in [0.15, 0.2) is 35.9 Å². The van der Waals surface area contributed by atoms with Gasteiger partial charge < -0.3 is 0 Å². The Bertz CT molecular complexity index is 670. The van der Waals surface area contributed by atoms with Gasteiger partial charge in [0.2, 0.25) is 0 Å². The molecule has 1 aromatic carbocycles. The monoisotopic (exact) mass is 294 g/mol. The van der Waals surface area contributed by atoms with E-state index >= 15 is 0 Å². The Morgan fingerprint density at radius 2 is 2.00 bits per heavy atom. The summed E-state index contributed by atoms with van der Waals surface area (Å²) >= 11 is 0. The summed E-state index contributed by atoms with van der Waals surface area (Å²) in [5.41, 5.74) is 3.07. The molecule has 0 spiro atoms. The molecule has 4 atom stereocenters. The van der Waals surface area contributed by atoms with Gasteiger partial charge in [-0.05, 0) is 61.5 Å². The fourth-order valence-electron chi connectivity index (χ4n) is 4.95. The van der Waals surface area contributed by atoms with Crippen LogP contribution in [0.5, 0.6) is 0 Å². The van der Waals surface area contributed by atoms with Gasteiger partial charge in [-0.2, -0.15) is 0 Å². The topological polar surface area (TPSA) is 34.1 Å². The number of Topliss-reactive ketones (excluding diaryl/α,β-unsaturated/α-hetero) is 2. The van der Waals surface area contributed by atoms with Gasteiger partial charge in [-0.25, -0.2) is 0 Å². The Balaban J connectivity index is 1.75. The fraction of sp³-hybridized carbons (Fsp3) is 0.500. The SMILES string of the molecule is CC(=O)C1CCCC2CC3Cc4ccccc4C(=O)C3=CC21. The van der Waals surface area contributed by atoms with Crippen molar-refractivity contribution < 1.29 is 9.59 Å². The van der Waals surface area contributed by atoms with Gasteiger partial charge in [0.25, 0.3) is 0 Å². The van der Waals surface area contributed by atoms with Crippen molar-refractivity contribution in [2.75, 3.05) is 0 Å². The lowest BCUT2D eigenvalue weighted by Crippen LogP contribution is -2.38. The molecule has 0 N–H and O–H groups in total. The molecule has 114 valence electrons. The second-order valence-corrected chi connectivity index (χ2v) is 7.23. The van der Waals surface area contributed by atoms with Crippen molar-refractivity contribution in [3.8, 4) is 0 Å².